The maximum absolute atomic E-state index is 12.1. The fourth-order valence-corrected chi connectivity index (χ4v) is 3.43. The van der Waals surface area contributed by atoms with Gasteiger partial charge in [0.2, 0.25) is 15.9 Å². The lowest BCUT2D eigenvalue weighted by Gasteiger charge is -2.25. The number of amides is 1. The van der Waals surface area contributed by atoms with E-state index in [1.54, 1.807) is 18.2 Å². The van der Waals surface area contributed by atoms with Crippen molar-refractivity contribution in [3.8, 4) is 0 Å². The maximum atomic E-state index is 12.1. The summed E-state index contributed by atoms with van der Waals surface area (Å²) in [7, 11) is -3.57. The van der Waals surface area contributed by atoms with Gasteiger partial charge < -0.3 is 5.32 Å². The minimum absolute atomic E-state index is 0.0643. The molecule has 2 aromatic rings. The van der Waals surface area contributed by atoms with Crippen molar-refractivity contribution >= 4 is 15.9 Å². The van der Waals surface area contributed by atoms with Crippen molar-refractivity contribution in [3.05, 3.63) is 66.2 Å². The summed E-state index contributed by atoms with van der Waals surface area (Å²) in [4.78, 5) is 12.2. The zero-order valence-electron chi connectivity index (χ0n) is 14.5. The summed E-state index contributed by atoms with van der Waals surface area (Å²) < 4.78 is 26.6. The molecule has 134 valence electrons. The van der Waals surface area contributed by atoms with Crippen LogP contribution in [-0.2, 0) is 20.2 Å². The third-order valence-corrected chi connectivity index (χ3v) is 5.46. The number of benzene rings is 2. The first kappa shape index (κ1) is 19.1. The smallest absolute Gasteiger partial charge is 0.240 e. The predicted octanol–water partition coefficient (Wildman–Crippen LogP) is 2.45. The van der Waals surface area contributed by atoms with Crippen molar-refractivity contribution in [2.45, 2.75) is 30.6 Å². The Kier molecular flexibility index (Phi) is 6.33. The SMILES string of the molecule is CC(C)(CNC(=O)CCNS(=O)(=O)c1ccccc1)c1ccccc1. The largest absolute Gasteiger partial charge is 0.355 e. The van der Waals surface area contributed by atoms with E-state index in [-0.39, 0.29) is 29.2 Å². The molecule has 2 N–H and O–H groups in total. The van der Waals surface area contributed by atoms with Gasteiger partial charge in [0.1, 0.15) is 0 Å². The van der Waals surface area contributed by atoms with Gasteiger partial charge in [0, 0.05) is 24.9 Å². The first-order valence-corrected chi connectivity index (χ1v) is 9.66. The standard InChI is InChI=1S/C19H24N2O3S/c1-19(2,16-9-5-3-6-10-16)15-20-18(22)13-14-21-25(23,24)17-11-7-4-8-12-17/h3-12,21H,13-15H2,1-2H3,(H,20,22). The van der Waals surface area contributed by atoms with Crippen molar-refractivity contribution in [2.75, 3.05) is 13.1 Å². The van der Waals surface area contributed by atoms with Crippen LogP contribution in [0, 0.1) is 0 Å². The fraction of sp³-hybridized carbons (Fsp3) is 0.316. The molecule has 0 bridgehead atoms. The lowest BCUT2D eigenvalue weighted by Crippen LogP contribution is -2.38. The Morgan fingerprint density at radius 3 is 2.12 bits per heavy atom. The molecular weight excluding hydrogens is 336 g/mol. The predicted molar refractivity (Wildman–Crippen MR) is 98.7 cm³/mol. The van der Waals surface area contributed by atoms with Crippen LogP contribution in [0.5, 0.6) is 0 Å². The quantitative estimate of drug-likeness (QED) is 0.759. The zero-order valence-corrected chi connectivity index (χ0v) is 15.3. The topological polar surface area (TPSA) is 75.3 Å². The van der Waals surface area contributed by atoms with E-state index in [1.165, 1.54) is 12.1 Å². The van der Waals surface area contributed by atoms with Gasteiger partial charge in [0.15, 0.2) is 0 Å². The Balaban J connectivity index is 1.80. The molecule has 6 heteroatoms. The lowest BCUT2D eigenvalue weighted by atomic mass is 9.84. The van der Waals surface area contributed by atoms with Gasteiger partial charge >= 0.3 is 0 Å². The minimum atomic E-state index is -3.57. The van der Waals surface area contributed by atoms with Gasteiger partial charge in [-0.3, -0.25) is 4.79 Å². The summed E-state index contributed by atoms with van der Waals surface area (Å²) in [5.41, 5.74) is 0.945. The van der Waals surface area contributed by atoms with Crippen LogP contribution < -0.4 is 10.0 Å². The number of hydrogen-bond acceptors (Lipinski definition) is 3. The summed E-state index contributed by atoms with van der Waals surface area (Å²) in [6.07, 6.45) is 0.0942. The molecule has 5 nitrogen and oxygen atoms in total. The van der Waals surface area contributed by atoms with Gasteiger partial charge in [0.25, 0.3) is 0 Å². The molecule has 0 heterocycles. The summed E-state index contributed by atoms with van der Waals surface area (Å²) in [6, 6.07) is 18.1. The number of hydrogen-bond donors (Lipinski definition) is 2. The third-order valence-electron chi connectivity index (χ3n) is 3.98. The normalized spacial score (nSPS) is 11.9. The molecule has 0 unspecified atom stereocenters. The molecule has 0 saturated heterocycles. The van der Waals surface area contributed by atoms with E-state index in [2.05, 4.69) is 23.9 Å². The van der Waals surface area contributed by atoms with Gasteiger partial charge in [-0.1, -0.05) is 62.4 Å². The van der Waals surface area contributed by atoms with Gasteiger partial charge in [-0.05, 0) is 17.7 Å². The Morgan fingerprint density at radius 1 is 0.960 bits per heavy atom. The van der Waals surface area contributed by atoms with Crippen molar-refractivity contribution in [2.24, 2.45) is 0 Å². The molecule has 0 aliphatic carbocycles. The molecule has 0 aliphatic heterocycles. The molecule has 0 fully saturated rings. The van der Waals surface area contributed by atoms with Crippen LogP contribution in [0.15, 0.2) is 65.6 Å². The number of rotatable bonds is 8. The number of carbonyl (C=O) groups excluding carboxylic acids is 1. The zero-order chi connectivity index (χ0) is 18.3. The second kappa shape index (κ2) is 8.27. The Morgan fingerprint density at radius 2 is 1.52 bits per heavy atom. The van der Waals surface area contributed by atoms with Crippen LogP contribution in [-0.4, -0.2) is 27.4 Å². The molecule has 0 spiro atoms. The molecule has 0 atom stereocenters. The van der Waals surface area contributed by atoms with Crippen molar-refractivity contribution in [1.82, 2.24) is 10.0 Å². The van der Waals surface area contributed by atoms with Crippen LogP contribution in [0.3, 0.4) is 0 Å². The van der Waals surface area contributed by atoms with Crippen molar-refractivity contribution in [1.29, 1.82) is 0 Å². The molecule has 2 rings (SSSR count). The van der Waals surface area contributed by atoms with Crippen LogP contribution >= 0.6 is 0 Å². The van der Waals surface area contributed by atoms with Crippen LogP contribution in [0.2, 0.25) is 0 Å². The van der Waals surface area contributed by atoms with E-state index in [0.717, 1.165) is 5.56 Å². The van der Waals surface area contributed by atoms with E-state index >= 15 is 0 Å². The van der Waals surface area contributed by atoms with E-state index in [1.807, 2.05) is 30.3 Å². The van der Waals surface area contributed by atoms with Gasteiger partial charge in [-0.25, -0.2) is 13.1 Å². The molecular formula is C19H24N2O3S. The van der Waals surface area contributed by atoms with Gasteiger partial charge in [-0.2, -0.15) is 0 Å². The van der Waals surface area contributed by atoms with Crippen molar-refractivity contribution < 1.29 is 13.2 Å². The molecule has 0 saturated carbocycles. The van der Waals surface area contributed by atoms with E-state index in [9.17, 15) is 13.2 Å². The highest BCUT2D eigenvalue weighted by atomic mass is 32.2. The highest BCUT2D eigenvalue weighted by molar-refractivity contribution is 7.89. The number of carbonyl (C=O) groups is 1. The van der Waals surface area contributed by atoms with E-state index < -0.39 is 10.0 Å². The average molecular weight is 360 g/mol. The first-order chi connectivity index (χ1) is 11.8. The third kappa shape index (κ3) is 5.69. The Labute approximate surface area is 149 Å². The summed E-state index contributed by atoms with van der Waals surface area (Å²) >= 11 is 0. The highest BCUT2D eigenvalue weighted by Crippen LogP contribution is 2.21. The van der Waals surface area contributed by atoms with Crippen LogP contribution in [0.25, 0.3) is 0 Å². The monoisotopic (exact) mass is 360 g/mol. The second-order valence-electron chi connectivity index (χ2n) is 6.49. The van der Waals surface area contributed by atoms with Crippen molar-refractivity contribution in [3.63, 3.8) is 0 Å². The van der Waals surface area contributed by atoms with E-state index in [4.69, 9.17) is 0 Å². The van der Waals surface area contributed by atoms with E-state index in [0.29, 0.717) is 6.54 Å². The Bertz CT molecular complexity index is 788. The molecule has 0 radical (unpaired) electrons. The molecule has 1 amide bonds. The van der Waals surface area contributed by atoms with Gasteiger partial charge in [0.05, 0.1) is 4.90 Å². The molecule has 2 aromatic carbocycles. The molecule has 0 aromatic heterocycles. The molecule has 25 heavy (non-hydrogen) atoms. The Hall–Kier alpha value is -2.18. The minimum Gasteiger partial charge on any atom is -0.355 e. The number of nitrogens with one attached hydrogen (secondary N) is 2. The van der Waals surface area contributed by atoms with Crippen LogP contribution in [0.1, 0.15) is 25.8 Å². The first-order valence-electron chi connectivity index (χ1n) is 8.18. The lowest BCUT2D eigenvalue weighted by molar-refractivity contribution is -0.121. The molecule has 0 aliphatic rings. The second-order valence-corrected chi connectivity index (χ2v) is 8.25. The summed E-state index contributed by atoms with van der Waals surface area (Å²) in [5, 5.41) is 2.87. The summed E-state index contributed by atoms with van der Waals surface area (Å²) in [5.74, 6) is -0.181. The highest BCUT2D eigenvalue weighted by Gasteiger charge is 2.21. The number of sulfonamides is 1. The fourth-order valence-electron chi connectivity index (χ4n) is 2.38. The summed E-state index contributed by atoms with van der Waals surface area (Å²) in [6.45, 7) is 4.66. The average Bonchev–Trinajstić information content (AvgIpc) is 2.61. The van der Waals surface area contributed by atoms with Crippen LogP contribution in [0.4, 0.5) is 0 Å². The van der Waals surface area contributed by atoms with Gasteiger partial charge in [-0.15, -0.1) is 0 Å². The maximum Gasteiger partial charge on any atom is 0.240 e.